The molecule has 4 heterocycles. The lowest BCUT2D eigenvalue weighted by molar-refractivity contribution is -0.139. The molecule has 2 N–H and O–H groups in total. The van der Waals surface area contributed by atoms with Crippen LogP contribution >= 0.6 is 0 Å². The largest absolute Gasteiger partial charge is 0.493 e. The van der Waals surface area contributed by atoms with Gasteiger partial charge in [-0.05, 0) is 63.1 Å². The highest BCUT2D eigenvalue weighted by molar-refractivity contribution is 5.79. The van der Waals surface area contributed by atoms with Crippen molar-refractivity contribution in [1.82, 2.24) is 9.80 Å². The van der Waals surface area contributed by atoms with Crippen LogP contribution in [0.1, 0.15) is 80.3 Å². The van der Waals surface area contributed by atoms with Crippen LogP contribution in [0.4, 0.5) is 0 Å². The molecule has 2 fully saturated rings. The molecule has 214 valence electrons. The molecule has 0 unspecified atom stereocenters. The molecule has 2 aromatic carbocycles. The summed E-state index contributed by atoms with van der Waals surface area (Å²) in [6.07, 6.45) is 1.64. The number of aliphatic hydroxyl groups excluding tert-OH is 2. The summed E-state index contributed by atoms with van der Waals surface area (Å²) in [6.45, 7) is 5.32. The van der Waals surface area contributed by atoms with Crippen molar-refractivity contribution in [3.05, 3.63) is 58.7 Å². The number of amides is 2. The van der Waals surface area contributed by atoms with Gasteiger partial charge in [-0.3, -0.25) is 9.59 Å². The lowest BCUT2D eigenvalue weighted by atomic mass is 9.85. The van der Waals surface area contributed by atoms with E-state index in [0.29, 0.717) is 61.6 Å². The van der Waals surface area contributed by atoms with E-state index >= 15 is 0 Å². The van der Waals surface area contributed by atoms with Gasteiger partial charge in [-0.2, -0.15) is 10.5 Å². The fourth-order valence-corrected chi connectivity index (χ4v) is 6.11. The van der Waals surface area contributed by atoms with Crippen LogP contribution in [0.5, 0.6) is 11.5 Å². The molecule has 2 aromatic rings. The van der Waals surface area contributed by atoms with Gasteiger partial charge in [-0.15, -0.1) is 0 Å². The van der Waals surface area contributed by atoms with Crippen molar-refractivity contribution < 1.29 is 29.3 Å². The number of aliphatic hydroxyl groups is 2. The topological polar surface area (TPSA) is 147 Å². The second-order valence-electron chi connectivity index (χ2n) is 11.4. The van der Waals surface area contributed by atoms with Gasteiger partial charge in [0.15, 0.2) is 0 Å². The van der Waals surface area contributed by atoms with Gasteiger partial charge in [-0.1, -0.05) is 0 Å². The summed E-state index contributed by atoms with van der Waals surface area (Å²) in [5.41, 5.74) is 1.69. The average Bonchev–Trinajstić information content (AvgIpc) is 3.53. The van der Waals surface area contributed by atoms with Crippen molar-refractivity contribution in [2.75, 3.05) is 19.7 Å². The third kappa shape index (κ3) is 5.46. The van der Waals surface area contributed by atoms with Crippen LogP contribution in [0, 0.1) is 22.7 Å². The second-order valence-corrected chi connectivity index (χ2v) is 11.4. The summed E-state index contributed by atoms with van der Waals surface area (Å²) in [7, 11) is 0. The minimum absolute atomic E-state index is 0.0464. The molecule has 0 aromatic heterocycles. The Kier molecular flexibility index (Phi) is 7.90. The van der Waals surface area contributed by atoms with Crippen molar-refractivity contribution in [2.45, 2.75) is 75.8 Å². The molecular weight excluding hydrogens is 524 g/mol. The highest BCUT2D eigenvalue weighted by atomic mass is 16.5. The minimum atomic E-state index is -0.832. The molecular formula is C31H34N4O6. The second kappa shape index (κ2) is 11.4. The highest BCUT2D eigenvalue weighted by Gasteiger charge is 2.47. The average molecular weight is 559 g/mol. The van der Waals surface area contributed by atoms with Crippen LogP contribution in [0.3, 0.4) is 0 Å². The predicted molar refractivity (Wildman–Crippen MR) is 147 cm³/mol. The fourth-order valence-electron chi connectivity index (χ4n) is 6.11. The smallest absolute Gasteiger partial charge is 0.223 e. The fraction of sp³-hybridized carbons (Fsp3) is 0.484. The van der Waals surface area contributed by atoms with Gasteiger partial charge in [0.25, 0.3) is 0 Å². The maximum absolute atomic E-state index is 12.1. The van der Waals surface area contributed by atoms with E-state index in [9.17, 15) is 19.8 Å². The van der Waals surface area contributed by atoms with E-state index in [1.807, 2.05) is 13.8 Å². The molecule has 2 amide bonds. The van der Waals surface area contributed by atoms with Gasteiger partial charge in [0.1, 0.15) is 23.2 Å². The first-order chi connectivity index (χ1) is 19.6. The highest BCUT2D eigenvalue weighted by Crippen LogP contribution is 2.44. The first-order valence-electron chi connectivity index (χ1n) is 14.0. The van der Waals surface area contributed by atoms with Gasteiger partial charge >= 0.3 is 0 Å². The van der Waals surface area contributed by atoms with E-state index in [-0.39, 0.29) is 11.8 Å². The number of nitriles is 2. The zero-order valence-electron chi connectivity index (χ0n) is 23.2. The summed E-state index contributed by atoms with van der Waals surface area (Å²) >= 11 is 0. The molecule has 10 heteroatoms. The standard InChI is InChI=1S/C16H18N2O3.C15H16N2O3/c1-16(2)15(20)14(18-7-3-4-13(18)19)11-8-10(9-17)5-6-12(11)21-16;16-9-10-3-4-13-11(8-10)15(12(18)5-7-20-13)17-6-1-2-14(17)19/h5-6,8,14-15,20H,3-4,7H2,1-2H3;3-4,8,12,15,18H,1-2,5-7H2/t14-,15+;12-,15-/m11/s1. The number of carbonyl (C=O) groups excluding carboxylic acids is 2. The summed E-state index contributed by atoms with van der Waals surface area (Å²) in [6, 6.07) is 13.6. The molecule has 4 atom stereocenters. The van der Waals surface area contributed by atoms with Crippen molar-refractivity contribution in [3.63, 3.8) is 0 Å². The first-order valence-corrected chi connectivity index (χ1v) is 14.0. The van der Waals surface area contributed by atoms with E-state index in [1.165, 1.54) is 0 Å². The van der Waals surface area contributed by atoms with Gasteiger partial charge in [-0.25, -0.2) is 0 Å². The van der Waals surface area contributed by atoms with Gasteiger partial charge in [0, 0.05) is 43.5 Å². The Morgan fingerprint density at radius 1 is 0.854 bits per heavy atom. The lowest BCUT2D eigenvalue weighted by Gasteiger charge is -2.45. The molecule has 0 bridgehead atoms. The van der Waals surface area contributed by atoms with Crippen molar-refractivity contribution >= 4 is 11.8 Å². The Morgan fingerprint density at radius 2 is 1.39 bits per heavy atom. The molecule has 6 rings (SSSR count). The van der Waals surface area contributed by atoms with Crippen molar-refractivity contribution in [1.29, 1.82) is 10.5 Å². The summed E-state index contributed by atoms with van der Waals surface area (Å²) < 4.78 is 11.5. The van der Waals surface area contributed by atoms with Crippen LogP contribution in [-0.4, -0.2) is 69.3 Å². The third-order valence-corrected chi connectivity index (χ3v) is 8.23. The monoisotopic (exact) mass is 558 g/mol. The normalized spacial score (nSPS) is 26.3. The summed E-state index contributed by atoms with van der Waals surface area (Å²) in [4.78, 5) is 27.5. The van der Waals surface area contributed by atoms with Crippen molar-refractivity contribution in [2.24, 2.45) is 0 Å². The third-order valence-electron chi connectivity index (χ3n) is 8.23. The number of hydrogen-bond donors (Lipinski definition) is 2. The summed E-state index contributed by atoms with van der Waals surface area (Å²) in [5, 5.41) is 39.2. The van der Waals surface area contributed by atoms with Gasteiger partial charge < -0.3 is 29.5 Å². The van der Waals surface area contributed by atoms with Crippen molar-refractivity contribution in [3.8, 4) is 23.6 Å². The number of rotatable bonds is 2. The predicted octanol–water partition coefficient (Wildman–Crippen LogP) is 3.12. The molecule has 0 aliphatic carbocycles. The number of benzene rings is 2. The summed E-state index contributed by atoms with van der Waals surface area (Å²) in [5.74, 6) is 1.40. The molecule has 0 radical (unpaired) electrons. The van der Waals surface area contributed by atoms with E-state index in [1.54, 1.807) is 46.2 Å². The number of fused-ring (bicyclic) bond motifs is 2. The van der Waals surface area contributed by atoms with E-state index in [2.05, 4.69) is 12.1 Å². The number of hydrogen-bond acceptors (Lipinski definition) is 8. The van der Waals surface area contributed by atoms with Crippen LogP contribution in [0.2, 0.25) is 0 Å². The SMILES string of the molecule is CC1(C)Oc2ccc(C#N)cc2[C@@H](N2CCCC2=O)[C@@H]1O.N#Cc1ccc2c(c1)[C@@H](N1CCCC1=O)[C@H](O)CCO2. The van der Waals surface area contributed by atoms with E-state index < -0.39 is 29.9 Å². The molecule has 41 heavy (non-hydrogen) atoms. The maximum atomic E-state index is 12.1. The Hall–Kier alpha value is -4.12. The number of nitrogens with zero attached hydrogens (tertiary/aromatic N) is 4. The molecule has 4 aliphatic heterocycles. The number of likely N-dealkylation sites (tertiary alicyclic amines) is 2. The minimum Gasteiger partial charge on any atom is -0.493 e. The van der Waals surface area contributed by atoms with Crippen LogP contribution in [0.15, 0.2) is 36.4 Å². The Bertz CT molecular complexity index is 1430. The molecule has 10 nitrogen and oxygen atoms in total. The molecule has 2 saturated heterocycles. The lowest BCUT2D eigenvalue weighted by Crippen LogP contribution is -2.53. The van der Waals surface area contributed by atoms with E-state index in [4.69, 9.17) is 20.0 Å². The number of carbonyl (C=O) groups is 2. The van der Waals surface area contributed by atoms with Gasteiger partial charge in [0.05, 0.1) is 48.1 Å². The van der Waals surface area contributed by atoms with Gasteiger partial charge in [0.2, 0.25) is 11.8 Å². The quantitative estimate of drug-likeness (QED) is 0.572. The molecule has 0 spiro atoms. The zero-order valence-corrected chi connectivity index (χ0v) is 23.2. The molecule has 0 saturated carbocycles. The number of ether oxygens (including phenoxy) is 2. The zero-order chi connectivity index (χ0) is 29.3. The van der Waals surface area contributed by atoms with Crippen LogP contribution < -0.4 is 9.47 Å². The first kappa shape index (κ1) is 28.4. The molecule has 4 aliphatic rings. The van der Waals surface area contributed by atoms with Crippen LogP contribution in [-0.2, 0) is 9.59 Å². The Labute approximate surface area is 239 Å². The maximum Gasteiger partial charge on any atom is 0.223 e. The Morgan fingerprint density at radius 3 is 1.93 bits per heavy atom. The van der Waals surface area contributed by atoms with Crippen LogP contribution in [0.25, 0.3) is 0 Å². The Balaban J connectivity index is 0.000000165. The van der Waals surface area contributed by atoms with E-state index in [0.717, 1.165) is 24.0 Å².